The van der Waals surface area contributed by atoms with Crippen molar-refractivity contribution in [2.24, 2.45) is 0 Å². The Morgan fingerprint density at radius 3 is 1.91 bits per heavy atom. The predicted octanol–water partition coefficient (Wildman–Crippen LogP) is 0.322. The van der Waals surface area contributed by atoms with Crippen molar-refractivity contribution in [3.63, 3.8) is 0 Å². The van der Waals surface area contributed by atoms with Gasteiger partial charge >= 0.3 is 0 Å². The summed E-state index contributed by atoms with van der Waals surface area (Å²) in [5.41, 5.74) is 0. The van der Waals surface area contributed by atoms with Gasteiger partial charge in [0.1, 0.15) is 0 Å². The third-order valence-electron chi connectivity index (χ3n) is 1.30. The van der Waals surface area contributed by atoms with Gasteiger partial charge in [-0.2, -0.15) is 0 Å². The summed E-state index contributed by atoms with van der Waals surface area (Å²) in [5, 5.41) is 8.38. The summed E-state index contributed by atoms with van der Waals surface area (Å²) < 4.78 is 3.76. The van der Waals surface area contributed by atoms with E-state index in [-0.39, 0.29) is 0 Å². The molecule has 11 heavy (non-hydrogen) atoms. The van der Waals surface area contributed by atoms with E-state index in [1.807, 2.05) is 11.4 Å². The second-order valence-electron chi connectivity index (χ2n) is 2.19. The van der Waals surface area contributed by atoms with Crippen LogP contribution in [0.3, 0.4) is 0 Å². The number of aromatic nitrogens is 1. The third kappa shape index (κ3) is 4.89. The molecule has 3 nitrogen and oxygen atoms in total. The fourth-order valence-corrected chi connectivity index (χ4v) is 1.13. The van der Waals surface area contributed by atoms with Gasteiger partial charge in [0.05, 0.1) is 0 Å². The van der Waals surface area contributed by atoms with Gasteiger partial charge in [0.25, 0.3) is 0 Å². The summed E-state index contributed by atoms with van der Waals surface area (Å²) in [6.07, 6.45) is 1.77. The average Bonchev–Trinajstić information content (AvgIpc) is 2.64. The first-order valence-corrected chi connectivity index (χ1v) is 4.59. The normalized spacial score (nSPS) is 16.7. The zero-order chi connectivity index (χ0) is 7.78. The van der Waals surface area contributed by atoms with Crippen molar-refractivity contribution in [1.82, 2.24) is 15.0 Å². The molecule has 0 radical (unpaired) electrons. The van der Waals surface area contributed by atoms with Crippen LogP contribution in [0.15, 0.2) is 17.6 Å². The zero-order valence-electron chi connectivity index (χ0n) is 6.42. The highest BCUT2D eigenvalue weighted by molar-refractivity contribution is 7.03. The van der Waals surface area contributed by atoms with Gasteiger partial charge in [-0.25, -0.2) is 4.37 Å². The van der Waals surface area contributed by atoms with Crippen LogP contribution in [0.1, 0.15) is 0 Å². The topological polar surface area (TPSA) is 37.0 Å². The number of nitrogens with zero attached hydrogens (tertiary/aromatic N) is 1. The predicted molar refractivity (Wildman–Crippen MR) is 47.9 cm³/mol. The summed E-state index contributed by atoms with van der Waals surface area (Å²) in [6.45, 7) is 4.56. The number of nitrogens with one attached hydrogen (secondary N) is 2. The van der Waals surface area contributed by atoms with Crippen molar-refractivity contribution in [1.29, 1.82) is 0 Å². The van der Waals surface area contributed by atoms with Crippen LogP contribution in [0.25, 0.3) is 0 Å². The molecule has 1 aliphatic rings. The number of hydrogen-bond donors (Lipinski definition) is 2. The molecular weight excluding hydrogens is 158 g/mol. The Balaban J connectivity index is 0.000000112. The molecule has 1 aliphatic heterocycles. The van der Waals surface area contributed by atoms with Gasteiger partial charge in [-0.15, -0.1) is 0 Å². The maximum absolute atomic E-state index is 3.76. The van der Waals surface area contributed by atoms with Crippen LogP contribution in [-0.2, 0) is 0 Å². The minimum absolute atomic E-state index is 1.14. The van der Waals surface area contributed by atoms with Crippen LogP contribution in [0.5, 0.6) is 0 Å². The van der Waals surface area contributed by atoms with Gasteiger partial charge in [-0.1, -0.05) is 0 Å². The molecule has 0 aliphatic carbocycles. The number of piperazine rings is 1. The molecule has 4 heteroatoms. The Morgan fingerprint density at radius 1 is 1.09 bits per heavy atom. The fraction of sp³-hybridized carbons (Fsp3) is 0.571. The molecule has 0 saturated carbocycles. The van der Waals surface area contributed by atoms with E-state index < -0.39 is 0 Å². The number of rotatable bonds is 0. The molecule has 0 spiro atoms. The maximum Gasteiger partial charge on any atom is 0.0406 e. The van der Waals surface area contributed by atoms with Gasteiger partial charge in [0, 0.05) is 37.8 Å². The Labute approximate surface area is 71.0 Å². The monoisotopic (exact) mass is 171 g/mol. The molecule has 0 aromatic carbocycles. The quantitative estimate of drug-likeness (QED) is 0.590. The highest BCUT2D eigenvalue weighted by Gasteiger charge is 1.91. The maximum atomic E-state index is 3.76. The van der Waals surface area contributed by atoms with Gasteiger partial charge in [0.2, 0.25) is 0 Å². The molecule has 0 bridgehead atoms. The van der Waals surface area contributed by atoms with Crippen LogP contribution in [0, 0.1) is 0 Å². The van der Waals surface area contributed by atoms with Crippen molar-refractivity contribution < 1.29 is 0 Å². The van der Waals surface area contributed by atoms with E-state index in [2.05, 4.69) is 15.0 Å². The van der Waals surface area contributed by atoms with Crippen molar-refractivity contribution >= 4 is 11.5 Å². The van der Waals surface area contributed by atoms with E-state index in [1.165, 1.54) is 11.5 Å². The van der Waals surface area contributed by atoms with Crippen LogP contribution in [0.4, 0.5) is 0 Å². The van der Waals surface area contributed by atoms with Crippen molar-refractivity contribution in [3.8, 4) is 0 Å². The first kappa shape index (κ1) is 8.64. The molecule has 2 rings (SSSR count). The van der Waals surface area contributed by atoms with Crippen molar-refractivity contribution in [2.45, 2.75) is 0 Å². The Bertz CT molecular complexity index is 120. The van der Waals surface area contributed by atoms with E-state index in [1.54, 1.807) is 6.20 Å². The molecule has 0 amide bonds. The van der Waals surface area contributed by atoms with E-state index in [9.17, 15) is 0 Å². The summed E-state index contributed by atoms with van der Waals surface area (Å²) in [5.74, 6) is 0. The second-order valence-corrected chi connectivity index (χ2v) is 2.88. The van der Waals surface area contributed by atoms with Gasteiger partial charge in [-0.3, -0.25) is 0 Å². The Hall–Kier alpha value is -0.450. The Morgan fingerprint density at radius 2 is 1.73 bits per heavy atom. The lowest BCUT2D eigenvalue weighted by atomic mass is 10.4. The first-order chi connectivity index (χ1) is 5.50. The number of hydrogen-bond acceptors (Lipinski definition) is 4. The smallest absolute Gasteiger partial charge is 0.0406 e. The van der Waals surface area contributed by atoms with Gasteiger partial charge in [-0.05, 0) is 17.6 Å². The summed E-state index contributed by atoms with van der Waals surface area (Å²) in [7, 11) is 0. The van der Waals surface area contributed by atoms with Gasteiger partial charge in [0.15, 0.2) is 0 Å². The molecule has 2 heterocycles. The SMILES string of the molecule is C1CNCCN1.c1cnsc1. The minimum Gasteiger partial charge on any atom is -0.314 e. The molecule has 1 saturated heterocycles. The van der Waals surface area contributed by atoms with E-state index in [0.717, 1.165) is 26.2 Å². The fourth-order valence-electron chi connectivity index (χ4n) is 0.779. The van der Waals surface area contributed by atoms with Crippen LogP contribution >= 0.6 is 11.5 Å². The second kappa shape index (κ2) is 6.27. The molecule has 1 aromatic heterocycles. The van der Waals surface area contributed by atoms with Crippen LogP contribution < -0.4 is 10.6 Å². The largest absolute Gasteiger partial charge is 0.314 e. The standard InChI is InChI=1S/C4H10N2.C3H3NS/c1-2-6-4-3-5-1;1-2-4-5-3-1/h5-6H,1-4H2;1-3H. The summed E-state index contributed by atoms with van der Waals surface area (Å²) in [4.78, 5) is 0. The molecule has 0 atom stereocenters. The summed E-state index contributed by atoms with van der Waals surface area (Å²) >= 11 is 1.46. The molecular formula is C7H13N3S. The lowest BCUT2D eigenvalue weighted by Crippen LogP contribution is -2.39. The zero-order valence-corrected chi connectivity index (χ0v) is 7.23. The van der Waals surface area contributed by atoms with E-state index >= 15 is 0 Å². The molecule has 1 aromatic rings. The molecule has 0 unspecified atom stereocenters. The van der Waals surface area contributed by atoms with Crippen LogP contribution in [0.2, 0.25) is 0 Å². The van der Waals surface area contributed by atoms with Crippen molar-refractivity contribution in [3.05, 3.63) is 17.6 Å². The molecule has 1 fully saturated rings. The molecule has 62 valence electrons. The third-order valence-corrected chi connectivity index (χ3v) is 1.83. The highest BCUT2D eigenvalue weighted by atomic mass is 32.1. The Kier molecular flexibility index (Phi) is 4.93. The lowest BCUT2D eigenvalue weighted by molar-refractivity contribution is 0.534. The van der Waals surface area contributed by atoms with Gasteiger partial charge < -0.3 is 10.6 Å². The van der Waals surface area contributed by atoms with Crippen LogP contribution in [-0.4, -0.2) is 30.6 Å². The van der Waals surface area contributed by atoms with E-state index in [4.69, 9.17) is 0 Å². The first-order valence-electron chi connectivity index (χ1n) is 3.76. The van der Waals surface area contributed by atoms with Crippen molar-refractivity contribution in [2.75, 3.05) is 26.2 Å². The minimum atomic E-state index is 1.14. The van der Waals surface area contributed by atoms with E-state index in [0.29, 0.717) is 0 Å². The highest BCUT2D eigenvalue weighted by Crippen LogP contribution is 1.83. The summed E-state index contributed by atoms with van der Waals surface area (Å²) in [6, 6.07) is 1.91. The lowest BCUT2D eigenvalue weighted by Gasteiger charge is -2.11. The molecule has 2 N–H and O–H groups in total. The average molecular weight is 171 g/mol.